The molecule has 3 N–H and O–H groups in total. The van der Waals surface area contributed by atoms with Crippen molar-refractivity contribution >= 4 is 40.6 Å². The molecule has 98 valence electrons. The van der Waals surface area contributed by atoms with Crippen molar-refractivity contribution in [1.29, 1.82) is 0 Å². The molecule has 0 unspecified atom stereocenters. The van der Waals surface area contributed by atoms with Gasteiger partial charge < -0.3 is 11.1 Å². The monoisotopic (exact) mass is 297 g/mol. The smallest absolute Gasteiger partial charge is 0.258 e. The van der Waals surface area contributed by atoms with Gasteiger partial charge in [0.2, 0.25) is 0 Å². The van der Waals surface area contributed by atoms with Crippen LogP contribution in [0.5, 0.6) is 0 Å². The number of nitrogens with zero attached hydrogens (tertiary/aromatic N) is 3. The summed E-state index contributed by atoms with van der Waals surface area (Å²) in [7, 11) is 0. The third-order valence-corrected chi connectivity index (χ3v) is 3.07. The van der Waals surface area contributed by atoms with Gasteiger partial charge in [0.1, 0.15) is 11.3 Å². The fourth-order valence-electron chi connectivity index (χ4n) is 1.39. The number of pyridine rings is 1. The molecule has 0 aliphatic rings. The van der Waals surface area contributed by atoms with Crippen LogP contribution >= 0.6 is 23.2 Å². The molecule has 2 aromatic rings. The number of aryl methyl sites for hydroxylation is 1. The lowest BCUT2D eigenvalue weighted by atomic mass is 10.2. The molecule has 0 fully saturated rings. The summed E-state index contributed by atoms with van der Waals surface area (Å²) in [6.07, 6.45) is 2.68. The molecule has 0 aliphatic heterocycles. The molecule has 8 heteroatoms. The molecule has 0 saturated carbocycles. The van der Waals surface area contributed by atoms with E-state index >= 15 is 0 Å². The van der Waals surface area contributed by atoms with Gasteiger partial charge in [0, 0.05) is 0 Å². The van der Waals surface area contributed by atoms with Crippen LogP contribution < -0.4 is 11.1 Å². The van der Waals surface area contributed by atoms with E-state index < -0.39 is 5.91 Å². The lowest BCUT2D eigenvalue weighted by Crippen LogP contribution is -2.16. The highest BCUT2D eigenvalue weighted by atomic mass is 35.5. The fourth-order valence-corrected chi connectivity index (χ4v) is 1.67. The number of anilines is 2. The van der Waals surface area contributed by atoms with Gasteiger partial charge in [-0.2, -0.15) is 0 Å². The number of amides is 1. The second kappa shape index (κ2) is 5.38. The van der Waals surface area contributed by atoms with Gasteiger partial charge in [-0.15, -0.1) is 0 Å². The Balaban J connectivity index is 2.31. The van der Waals surface area contributed by atoms with E-state index in [-0.39, 0.29) is 16.0 Å². The van der Waals surface area contributed by atoms with Crippen LogP contribution in [0.3, 0.4) is 0 Å². The van der Waals surface area contributed by atoms with Crippen LogP contribution in [0.2, 0.25) is 10.2 Å². The standard InChI is InChI=1S/C11H9Cl2N5O/c1-5-7(2-6(14)3-15-5)11(19)18-10-8(12)9(13)16-4-17-10/h2-4H,14H2,1H3,(H,16,17,18,19). The Kier molecular flexibility index (Phi) is 3.82. The maximum absolute atomic E-state index is 12.1. The maximum atomic E-state index is 12.1. The average Bonchev–Trinajstić information content (AvgIpc) is 2.38. The number of carbonyl (C=O) groups is 1. The normalized spacial score (nSPS) is 10.3. The number of nitrogens with two attached hydrogens (primary N) is 1. The predicted octanol–water partition coefficient (Wildman–Crippen LogP) is 2.32. The zero-order valence-corrected chi connectivity index (χ0v) is 11.3. The van der Waals surface area contributed by atoms with Crippen LogP contribution in [0, 0.1) is 6.92 Å². The molecule has 0 saturated heterocycles. The molecular weight excluding hydrogens is 289 g/mol. The molecule has 6 nitrogen and oxygen atoms in total. The van der Waals surface area contributed by atoms with Gasteiger partial charge in [0.25, 0.3) is 5.91 Å². The van der Waals surface area contributed by atoms with E-state index in [4.69, 9.17) is 28.9 Å². The van der Waals surface area contributed by atoms with Crippen LogP contribution in [0.25, 0.3) is 0 Å². The first-order valence-corrected chi connectivity index (χ1v) is 5.94. The predicted molar refractivity (Wildman–Crippen MR) is 73.4 cm³/mol. The van der Waals surface area contributed by atoms with Gasteiger partial charge in [-0.25, -0.2) is 9.97 Å². The van der Waals surface area contributed by atoms with Gasteiger partial charge in [0.05, 0.1) is 23.1 Å². The van der Waals surface area contributed by atoms with Gasteiger partial charge >= 0.3 is 0 Å². The van der Waals surface area contributed by atoms with E-state index in [0.717, 1.165) is 0 Å². The molecule has 0 radical (unpaired) electrons. The van der Waals surface area contributed by atoms with Gasteiger partial charge in [0.15, 0.2) is 11.0 Å². The summed E-state index contributed by atoms with van der Waals surface area (Å²) < 4.78 is 0. The van der Waals surface area contributed by atoms with E-state index in [1.165, 1.54) is 18.6 Å². The van der Waals surface area contributed by atoms with Crippen LogP contribution in [-0.2, 0) is 0 Å². The number of halogens is 2. The molecule has 19 heavy (non-hydrogen) atoms. The van der Waals surface area contributed by atoms with Crippen molar-refractivity contribution in [3.8, 4) is 0 Å². The SMILES string of the molecule is Cc1ncc(N)cc1C(=O)Nc1ncnc(Cl)c1Cl. The van der Waals surface area contributed by atoms with Crippen LogP contribution in [0.1, 0.15) is 16.1 Å². The van der Waals surface area contributed by atoms with Crippen molar-refractivity contribution in [3.05, 3.63) is 40.0 Å². The molecular formula is C11H9Cl2N5O. The van der Waals surface area contributed by atoms with Crippen molar-refractivity contribution in [2.45, 2.75) is 6.92 Å². The first kappa shape index (κ1) is 13.5. The minimum Gasteiger partial charge on any atom is -0.397 e. The van der Waals surface area contributed by atoms with Crippen LogP contribution in [-0.4, -0.2) is 20.9 Å². The summed E-state index contributed by atoms with van der Waals surface area (Å²) in [5.74, 6) is -0.289. The van der Waals surface area contributed by atoms with Crippen molar-refractivity contribution in [2.75, 3.05) is 11.1 Å². The van der Waals surface area contributed by atoms with Gasteiger partial charge in [-0.05, 0) is 13.0 Å². The summed E-state index contributed by atoms with van der Waals surface area (Å²) in [6.45, 7) is 1.70. The first-order valence-electron chi connectivity index (χ1n) is 5.18. The zero-order chi connectivity index (χ0) is 14.0. The second-order valence-corrected chi connectivity index (χ2v) is 4.42. The van der Waals surface area contributed by atoms with Crippen LogP contribution in [0.15, 0.2) is 18.6 Å². The highest BCUT2D eigenvalue weighted by Gasteiger charge is 2.14. The third-order valence-electron chi connectivity index (χ3n) is 2.33. The Morgan fingerprint density at radius 3 is 2.79 bits per heavy atom. The van der Waals surface area contributed by atoms with Crippen molar-refractivity contribution < 1.29 is 4.79 Å². The molecule has 0 spiro atoms. The first-order chi connectivity index (χ1) is 8.99. The molecule has 0 aromatic carbocycles. The average molecular weight is 298 g/mol. The molecule has 2 aromatic heterocycles. The fraction of sp³-hybridized carbons (Fsp3) is 0.0909. The topological polar surface area (TPSA) is 93.8 Å². The van der Waals surface area contributed by atoms with Crippen molar-refractivity contribution in [1.82, 2.24) is 15.0 Å². The van der Waals surface area contributed by atoms with E-state index in [1.807, 2.05) is 0 Å². The molecule has 1 amide bonds. The van der Waals surface area contributed by atoms with E-state index in [0.29, 0.717) is 16.9 Å². The summed E-state index contributed by atoms with van der Waals surface area (Å²) in [5, 5.41) is 2.67. The minimum absolute atomic E-state index is 0.0642. The molecule has 0 bridgehead atoms. The number of aromatic nitrogens is 3. The van der Waals surface area contributed by atoms with E-state index in [1.54, 1.807) is 6.92 Å². The summed E-state index contributed by atoms with van der Waals surface area (Å²) in [4.78, 5) is 23.6. The largest absolute Gasteiger partial charge is 0.397 e. The molecule has 0 atom stereocenters. The second-order valence-electron chi connectivity index (χ2n) is 3.68. The quantitative estimate of drug-likeness (QED) is 0.830. The summed E-state index contributed by atoms with van der Waals surface area (Å²) >= 11 is 11.6. The highest BCUT2D eigenvalue weighted by Crippen LogP contribution is 2.26. The van der Waals surface area contributed by atoms with Crippen LogP contribution in [0.4, 0.5) is 11.5 Å². The lowest BCUT2D eigenvalue weighted by Gasteiger charge is -2.08. The Morgan fingerprint density at radius 1 is 1.32 bits per heavy atom. The maximum Gasteiger partial charge on any atom is 0.258 e. The number of nitrogen functional groups attached to an aromatic ring is 1. The summed E-state index contributed by atoms with van der Waals surface area (Å²) in [6, 6.07) is 1.52. The highest BCUT2D eigenvalue weighted by molar-refractivity contribution is 6.43. The molecule has 2 heterocycles. The zero-order valence-electron chi connectivity index (χ0n) is 9.82. The number of nitrogens with one attached hydrogen (secondary N) is 1. The van der Waals surface area contributed by atoms with E-state index in [9.17, 15) is 4.79 Å². The summed E-state index contributed by atoms with van der Waals surface area (Å²) in [5.41, 5.74) is 6.87. The number of hydrogen-bond donors (Lipinski definition) is 2. The minimum atomic E-state index is -0.422. The Hall–Kier alpha value is -1.92. The van der Waals surface area contributed by atoms with Crippen molar-refractivity contribution in [2.24, 2.45) is 0 Å². The van der Waals surface area contributed by atoms with E-state index in [2.05, 4.69) is 20.3 Å². The third kappa shape index (κ3) is 2.91. The van der Waals surface area contributed by atoms with Gasteiger partial charge in [-0.1, -0.05) is 23.2 Å². The van der Waals surface area contributed by atoms with Gasteiger partial charge in [-0.3, -0.25) is 9.78 Å². The number of carbonyl (C=O) groups excluding carboxylic acids is 1. The van der Waals surface area contributed by atoms with Crippen molar-refractivity contribution in [3.63, 3.8) is 0 Å². The molecule has 2 rings (SSSR count). The Labute approximate surface area is 119 Å². The number of hydrogen-bond acceptors (Lipinski definition) is 5. The number of rotatable bonds is 2. The molecule has 0 aliphatic carbocycles. The Bertz CT molecular complexity index is 647. The Morgan fingerprint density at radius 2 is 2.05 bits per heavy atom. The lowest BCUT2D eigenvalue weighted by molar-refractivity contribution is 0.102.